The molecule has 7 heteroatoms. The second-order valence-electron chi connectivity index (χ2n) is 4.11. The fourth-order valence-corrected chi connectivity index (χ4v) is 2.02. The van der Waals surface area contributed by atoms with Crippen LogP contribution in [0.15, 0.2) is 0 Å². The van der Waals surface area contributed by atoms with Gasteiger partial charge < -0.3 is 19.6 Å². The van der Waals surface area contributed by atoms with Gasteiger partial charge in [0.15, 0.2) is 0 Å². The van der Waals surface area contributed by atoms with Gasteiger partial charge in [0, 0.05) is 6.54 Å². The van der Waals surface area contributed by atoms with Gasteiger partial charge in [-0.05, 0) is 12.8 Å². The van der Waals surface area contributed by atoms with Gasteiger partial charge >= 0.3 is 18.0 Å². The number of hydrogen-bond donors (Lipinski definition) is 1. The number of rotatable bonds is 4. The highest BCUT2D eigenvalue weighted by Gasteiger charge is 2.37. The maximum atomic E-state index is 12.2. The minimum Gasteiger partial charge on any atom is -0.480 e. The zero-order valence-corrected chi connectivity index (χ0v) is 10.7. The Labute approximate surface area is 111 Å². The fourth-order valence-electron chi connectivity index (χ4n) is 2.02. The predicted octanol–water partition coefficient (Wildman–Crippen LogP) is -0.236. The van der Waals surface area contributed by atoms with Gasteiger partial charge in [0.25, 0.3) is 0 Å². The number of carbonyl (C=O) groups excluding carboxylic acids is 2. The molecule has 0 aromatic carbocycles. The van der Waals surface area contributed by atoms with Crippen molar-refractivity contribution in [3.05, 3.63) is 0 Å². The molecule has 1 aliphatic rings. The van der Waals surface area contributed by atoms with E-state index in [1.807, 2.05) is 0 Å². The minimum absolute atomic E-state index is 0.116. The van der Waals surface area contributed by atoms with Gasteiger partial charge in [-0.15, -0.1) is 6.42 Å². The molecule has 2 amide bonds. The van der Waals surface area contributed by atoms with Crippen molar-refractivity contribution < 1.29 is 24.2 Å². The average molecular weight is 268 g/mol. The maximum absolute atomic E-state index is 12.2. The molecule has 0 spiro atoms. The molecule has 1 aliphatic heterocycles. The number of aliphatic carboxylic acids is 1. The Balaban J connectivity index is 2.80. The second-order valence-corrected chi connectivity index (χ2v) is 4.11. The molecule has 0 bridgehead atoms. The van der Waals surface area contributed by atoms with Crippen LogP contribution in [-0.4, -0.2) is 65.7 Å². The standard InChI is InChI=1S/C12H16N2O5/c1-3-6-13(8-10(15)16)12(18)14-7-4-5-9(14)11(17)19-2/h1,9H,4-8H2,2H3,(H,15,16). The van der Waals surface area contributed by atoms with Crippen LogP contribution in [0, 0.1) is 12.3 Å². The van der Waals surface area contributed by atoms with E-state index >= 15 is 0 Å². The van der Waals surface area contributed by atoms with Crippen LogP contribution in [0.2, 0.25) is 0 Å². The van der Waals surface area contributed by atoms with Gasteiger partial charge in [0.2, 0.25) is 0 Å². The zero-order valence-electron chi connectivity index (χ0n) is 10.7. The van der Waals surface area contributed by atoms with E-state index in [9.17, 15) is 14.4 Å². The lowest BCUT2D eigenvalue weighted by Gasteiger charge is -2.28. The number of amides is 2. The molecule has 0 saturated carbocycles. The number of carboxylic acid groups (broad SMARTS) is 1. The zero-order chi connectivity index (χ0) is 14.4. The number of terminal acetylenes is 1. The van der Waals surface area contributed by atoms with Gasteiger partial charge in [-0.25, -0.2) is 9.59 Å². The summed E-state index contributed by atoms with van der Waals surface area (Å²) in [5.74, 6) is 0.581. The van der Waals surface area contributed by atoms with E-state index in [1.165, 1.54) is 12.0 Å². The number of hydrogen-bond acceptors (Lipinski definition) is 4. The molecule has 1 N–H and O–H groups in total. The van der Waals surface area contributed by atoms with Gasteiger partial charge in [-0.1, -0.05) is 5.92 Å². The van der Waals surface area contributed by atoms with Crippen molar-refractivity contribution >= 4 is 18.0 Å². The third kappa shape index (κ3) is 3.61. The quantitative estimate of drug-likeness (QED) is 0.562. The maximum Gasteiger partial charge on any atom is 0.328 e. The highest BCUT2D eigenvalue weighted by atomic mass is 16.5. The normalized spacial score (nSPS) is 17.7. The molecule has 1 fully saturated rings. The minimum atomic E-state index is -1.16. The Kier molecular flexibility index (Phi) is 5.18. The monoisotopic (exact) mass is 268 g/mol. The van der Waals surface area contributed by atoms with Crippen molar-refractivity contribution in [1.82, 2.24) is 9.80 Å². The first kappa shape index (κ1) is 14.8. The number of nitrogens with zero attached hydrogens (tertiary/aromatic N) is 2. The number of carboxylic acids is 1. The molecule has 1 rings (SSSR count). The largest absolute Gasteiger partial charge is 0.480 e. The summed E-state index contributed by atoms with van der Waals surface area (Å²) in [6.07, 6.45) is 6.29. The molecular weight excluding hydrogens is 252 g/mol. The van der Waals surface area contributed by atoms with E-state index < -0.39 is 30.6 Å². The van der Waals surface area contributed by atoms with Crippen LogP contribution in [0.3, 0.4) is 0 Å². The Hall–Kier alpha value is -2.23. The van der Waals surface area contributed by atoms with Crippen LogP contribution in [0.4, 0.5) is 4.79 Å². The molecule has 1 unspecified atom stereocenters. The van der Waals surface area contributed by atoms with Gasteiger partial charge in [0.05, 0.1) is 13.7 Å². The number of carbonyl (C=O) groups is 3. The van der Waals surface area contributed by atoms with Gasteiger partial charge in [0.1, 0.15) is 12.6 Å². The highest BCUT2D eigenvalue weighted by molar-refractivity contribution is 5.86. The molecule has 1 atom stereocenters. The lowest BCUT2D eigenvalue weighted by molar-refractivity contribution is -0.145. The lowest BCUT2D eigenvalue weighted by atomic mass is 10.2. The van der Waals surface area contributed by atoms with Crippen LogP contribution in [0.5, 0.6) is 0 Å². The SMILES string of the molecule is C#CCN(CC(=O)O)C(=O)N1CCCC1C(=O)OC. The average Bonchev–Trinajstić information content (AvgIpc) is 2.85. The van der Waals surface area contributed by atoms with Crippen LogP contribution in [-0.2, 0) is 14.3 Å². The molecule has 0 aromatic heterocycles. The van der Waals surface area contributed by atoms with Crippen molar-refractivity contribution in [2.75, 3.05) is 26.7 Å². The third-order valence-electron chi connectivity index (χ3n) is 2.85. The fraction of sp³-hybridized carbons (Fsp3) is 0.583. The van der Waals surface area contributed by atoms with Gasteiger partial charge in [-0.3, -0.25) is 4.79 Å². The van der Waals surface area contributed by atoms with Gasteiger partial charge in [-0.2, -0.15) is 0 Å². The molecule has 104 valence electrons. The highest BCUT2D eigenvalue weighted by Crippen LogP contribution is 2.20. The first-order valence-electron chi connectivity index (χ1n) is 5.80. The van der Waals surface area contributed by atoms with E-state index in [0.29, 0.717) is 19.4 Å². The van der Waals surface area contributed by atoms with Crippen LogP contribution >= 0.6 is 0 Å². The molecule has 1 heterocycles. The molecule has 0 radical (unpaired) electrons. The summed E-state index contributed by atoms with van der Waals surface area (Å²) in [6.45, 7) is -0.220. The third-order valence-corrected chi connectivity index (χ3v) is 2.85. The van der Waals surface area contributed by atoms with E-state index in [-0.39, 0.29) is 6.54 Å². The lowest BCUT2D eigenvalue weighted by Crippen LogP contribution is -2.49. The smallest absolute Gasteiger partial charge is 0.328 e. The summed E-state index contributed by atoms with van der Waals surface area (Å²) < 4.78 is 4.63. The summed E-state index contributed by atoms with van der Waals surface area (Å²) in [4.78, 5) is 36.8. The van der Waals surface area contributed by atoms with Crippen molar-refractivity contribution in [2.45, 2.75) is 18.9 Å². The summed E-state index contributed by atoms with van der Waals surface area (Å²) in [5.41, 5.74) is 0. The molecule has 19 heavy (non-hydrogen) atoms. The van der Waals surface area contributed by atoms with E-state index in [0.717, 1.165) is 4.90 Å². The molecule has 7 nitrogen and oxygen atoms in total. The summed E-state index contributed by atoms with van der Waals surface area (Å²) in [5, 5.41) is 8.75. The molecule has 0 aromatic rings. The van der Waals surface area contributed by atoms with Crippen molar-refractivity contribution in [3.63, 3.8) is 0 Å². The van der Waals surface area contributed by atoms with Crippen LogP contribution < -0.4 is 0 Å². The van der Waals surface area contributed by atoms with Crippen LogP contribution in [0.25, 0.3) is 0 Å². The predicted molar refractivity (Wildman–Crippen MR) is 65.2 cm³/mol. The van der Waals surface area contributed by atoms with E-state index in [2.05, 4.69) is 10.7 Å². The molecule has 1 saturated heterocycles. The van der Waals surface area contributed by atoms with Crippen molar-refractivity contribution in [2.24, 2.45) is 0 Å². The number of esters is 1. The summed E-state index contributed by atoms with van der Waals surface area (Å²) >= 11 is 0. The molecular formula is C12H16N2O5. The molecule has 0 aliphatic carbocycles. The number of urea groups is 1. The van der Waals surface area contributed by atoms with Crippen molar-refractivity contribution in [1.29, 1.82) is 0 Å². The van der Waals surface area contributed by atoms with E-state index in [4.69, 9.17) is 11.5 Å². The Bertz CT molecular complexity index is 415. The number of ether oxygens (including phenoxy) is 1. The first-order valence-corrected chi connectivity index (χ1v) is 5.80. The number of likely N-dealkylation sites (tertiary alicyclic amines) is 1. The number of methoxy groups -OCH3 is 1. The summed E-state index contributed by atoms with van der Waals surface area (Å²) in [7, 11) is 1.25. The van der Waals surface area contributed by atoms with E-state index in [1.54, 1.807) is 0 Å². The second kappa shape index (κ2) is 6.64. The Morgan fingerprint density at radius 3 is 2.74 bits per heavy atom. The Morgan fingerprint density at radius 1 is 1.53 bits per heavy atom. The Morgan fingerprint density at radius 2 is 2.21 bits per heavy atom. The summed E-state index contributed by atoms with van der Waals surface area (Å²) in [6, 6.07) is -1.21. The first-order chi connectivity index (χ1) is 9.01. The topological polar surface area (TPSA) is 87.2 Å². The van der Waals surface area contributed by atoms with Crippen molar-refractivity contribution in [3.8, 4) is 12.3 Å². The van der Waals surface area contributed by atoms with Crippen LogP contribution in [0.1, 0.15) is 12.8 Å².